The van der Waals surface area contributed by atoms with E-state index in [4.69, 9.17) is 4.74 Å². The Bertz CT molecular complexity index is 758. The highest BCUT2D eigenvalue weighted by atomic mass is 32.2. The van der Waals surface area contributed by atoms with Crippen LogP contribution in [0, 0.1) is 5.92 Å². The van der Waals surface area contributed by atoms with Gasteiger partial charge in [0.2, 0.25) is 0 Å². The van der Waals surface area contributed by atoms with Gasteiger partial charge < -0.3 is 10.1 Å². The number of rotatable bonds is 8. The average molecular weight is 384 g/mol. The second kappa shape index (κ2) is 9.91. The van der Waals surface area contributed by atoms with Gasteiger partial charge >= 0.3 is 12.0 Å². The Morgan fingerprint density at radius 2 is 1.81 bits per heavy atom. The molecule has 8 nitrogen and oxygen atoms in total. The van der Waals surface area contributed by atoms with Crippen molar-refractivity contribution in [2.24, 2.45) is 5.92 Å². The highest BCUT2D eigenvalue weighted by Gasteiger charge is 2.22. The number of ether oxygens (including phenoxy) is 1. The van der Waals surface area contributed by atoms with Gasteiger partial charge in [-0.2, -0.15) is 0 Å². The van der Waals surface area contributed by atoms with Crippen molar-refractivity contribution in [2.45, 2.75) is 32.1 Å². The molecule has 1 aromatic carbocycles. The first-order chi connectivity index (χ1) is 12.2. The minimum absolute atomic E-state index is 0.150. The maximum atomic E-state index is 12.1. The number of amides is 3. The van der Waals surface area contributed by atoms with E-state index in [9.17, 15) is 22.8 Å². The molecule has 2 N–H and O–H groups in total. The number of carbonyl (C=O) groups excluding carboxylic acids is 3. The van der Waals surface area contributed by atoms with Crippen LogP contribution >= 0.6 is 0 Å². The highest BCUT2D eigenvalue weighted by molar-refractivity contribution is 7.91. The normalized spacial score (nSPS) is 11.1. The fourth-order valence-electron chi connectivity index (χ4n) is 1.95. The second-order valence-corrected chi connectivity index (χ2v) is 8.21. The Morgan fingerprint density at radius 1 is 1.15 bits per heavy atom. The molecule has 0 fully saturated rings. The Balaban J connectivity index is 2.60. The molecule has 0 saturated carbocycles. The van der Waals surface area contributed by atoms with Gasteiger partial charge in [-0.1, -0.05) is 32.9 Å². The first-order valence-corrected chi connectivity index (χ1v) is 9.89. The minimum atomic E-state index is -3.61. The molecule has 0 aliphatic heterocycles. The van der Waals surface area contributed by atoms with Crippen LogP contribution in [-0.4, -0.2) is 45.2 Å². The molecule has 0 unspecified atom stereocenters. The van der Waals surface area contributed by atoms with Gasteiger partial charge in [-0.15, -0.1) is 0 Å². The predicted octanol–water partition coefficient (Wildman–Crippen LogP) is 1.51. The molecule has 0 spiro atoms. The Kier molecular flexibility index (Phi) is 8.24. The van der Waals surface area contributed by atoms with Crippen molar-refractivity contribution >= 4 is 27.7 Å². The van der Waals surface area contributed by atoms with Crippen LogP contribution in [0.25, 0.3) is 0 Å². The molecular weight excluding hydrogens is 360 g/mol. The molecule has 0 atom stereocenters. The molecule has 0 aliphatic rings. The molecule has 0 radical (unpaired) electrons. The lowest BCUT2D eigenvalue weighted by Crippen LogP contribution is -2.42. The smallest absolute Gasteiger partial charge is 0.339 e. The number of carbonyl (C=O) groups is 3. The molecule has 9 heteroatoms. The number of urea groups is 1. The topological polar surface area (TPSA) is 119 Å². The number of sulfone groups is 1. The lowest BCUT2D eigenvalue weighted by atomic mass is 10.1. The lowest BCUT2D eigenvalue weighted by molar-refractivity contribution is -0.123. The van der Waals surface area contributed by atoms with Crippen LogP contribution in [0.1, 0.15) is 37.6 Å². The lowest BCUT2D eigenvalue weighted by Gasteiger charge is -2.10. The van der Waals surface area contributed by atoms with Gasteiger partial charge in [0.25, 0.3) is 5.91 Å². The molecule has 1 rings (SSSR count). The Hall–Kier alpha value is -2.42. The molecule has 1 aromatic rings. The molecule has 0 heterocycles. The van der Waals surface area contributed by atoms with Crippen LogP contribution in [0.4, 0.5) is 4.79 Å². The fraction of sp³-hybridized carbons (Fsp3) is 0.471. The Labute approximate surface area is 153 Å². The summed E-state index contributed by atoms with van der Waals surface area (Å²) in [5, 5.41) is 4.54. The summed E-state index contributed by atoms with van der Waals surface area (Å²) in [6, 6.07) is 4.92. The highest BCUT2D eigenvalue weighted by Crippen LogP contribution is 2.17. The van der Waals surface area contributed by atoms with Crippen molar-refractivity contribution in [3.63, 3.8) is 0 Å². The first kappa shape index (κ1) is 21.6. The number of benzene rings is 1. The van der Waals surface area contributed by atoms with Gasteiger partial charge in [-0.05, 0) is 24.5 Å². The Morgan fingerprint density at radius 3 is 2.42 bits per heavy atom. The molecule has 0 saturated heterocycles. The molecular formula is C17H24N2O6S. The van der Waals surface area contributed by atoms with E-state index in [0.29, 0.717) is 12.5 Å². The second-order valence-electron chi connectivity index (χ2n) is 5.96. The van der Waals surface area contributed by atoms with Crippen LogP contribution in [0.5, 0.6) is 0 Å². The van der Waals surface area contributed by atoms with Crippen molar-refractivity contribution < 1.29 is 27.5 Å². The molecule has 144 valence electrons. The van der Waals surface area contributed by atoms with Gasteiger partial charge in [0.15, 0.2) is 16.4 Å². The van der Waals surface area contributed by atoms with E-state index >= 15 is 0 Å². The summed E-state index contributed by atoms with van der Waals surface area (Å²) in [6.07, 6.45) is 0.763. The number of nitrogens with one attached hydrogen (secondary N) is 2. The van der Waals surface area contributed by atoms with E-state index in [1.165, 1.54) is 31.2 Å². The third-order valence-electron chi connectivity index (χ3n) is 3.42. The van der Waals surface area contributed by atoms with Crippen LogP contribution < -0.4 is 10.6 Å². The molecule has 3 amide bonds. The zero-order valence-corrected chi connectivity index (χ0v) is 15.9. The van der Waals surface area contributed by atoms with Gasteiger partial charge in [-0.3, -0.25) is 10.1 Å². The van der Waals surface area contributed by atoms with E-state index in [2.05, 4.69) is 5.32 Å². The van der Waals surface area contributed by atoms with E-state index < -0.39 is 34.4 Å². The van der Waals surface area contributed by atoms with E-state index in [0.717, 1.165) is 6.42 Å². The summed E-state index contributed by atoms with van der Waals surface area (Å²) in [7, 11) is -3.61. The summed E-state index contributed by atoms with van der Waals surface area (Å²) < 4.78 is 28.9. The molecule has 0 bridgehead atoms. The van der Waals surface area contributed by atoms with Gasteiger partial charge in [0.1, 0.15) is 0 Å². The molecule has 26 heavy (non-hydrogen) atoms. The predicted molar refractivity (Wildman–Crippen MR) is 95.4 cm³/mol. The number of hydrogen-bond donors (Lipinski definition) is 2. The van der Waals surface area contributed by atoms with Crippen molar-refractivity contribution in [1.82, 2.24) is 10.6 Å². The zero-order chi connectivity index (χ0) is 19.7. The van der Waals surface area contributed by atoms with Crippen LogP contribution in [0.3, 0.4) is 0 Å². The summed E-state index contributed by atoms with van der Waals surface area (Å²) >= 11 is 0. The minimum Gasteiger partial charge on any atom is -0.452 e. The third kappa shape index (κ3) is 6.83. The fourth-order valence-corrected chi connectivity index (χ4v) is 3.04. The van der Waals surface area contributed by atoms with E-state index in [1.54, 1.807) is 0 Å². The average Bonchev–Trinajstić information content (AvgIpc) is 2.59. The maximum Gasteiger partial charge on any atom is 0.339 e. The van der Waals surface area contributed by atoms with Crippen molar-refractivity contribution in [2.75, 3.05) is 18.9 Å². The molecule has 0 aromatic heterocycles. The molecule has 0 aliphatic carbocycles. The summed E-state index contributed by atoms with van der Waals surface area (Å²) in [6.45, 7) is 5.18. The van der Waals surface area contributed by atoms with E-state index in [1.807, 2.05) is 19.2 Å². The summed E-state index contributed by atoms with van der Waals surface area (Å²) in [5.41, 5.74) is -0.150. The van der Waals surface area contributed by atoms with Crippen LogP contribution in [0.15, 0.2) is 29.2 Å². The van der Waals surface area contributed by atoms with Crippen LogP contribution in [0.2, 0.25) is 0 Å². The maximum absolute atomic E-state index is 12.1. The van der Waals surface area contributed by atoms with Gasteiger partial charge in [0, 0.05) is 6.54 Å². The van der Waals surface area contributed by atoms with Crippen molar-refractivity contribution in [3.05, 3.63) is 29.8 Å². The van der Waals surface area contributed by atoms with Gasteiger partial charge in [-0.25, -0.2) is 18.0 Å². The number of esters is 1. The standard InChI is InChI=1S/C17H24N2O6S/c1-4-26(23,24)14-8-6-5-7-13(14)16(21)25-11-15(20)19-17(22)18-10-9-12(2)3/h5-8,12H,4,9-11H2,1-3H3,(H2,18,19,20,22). The summed E-state index contributed by atoms with van der Waals surface area (Å²) in [4.78, 5) is 35.1. The quantitative estimate of drug-likeness (QED) is 0.656. The monoisotopic (exact) mass is 384 g/mol. The largest absolute Gasteiger partial charge is 0.452 e. The van der Waals surface area contributed by atoms with Gasteiger partial charge in [0.05, 0.1) is 16.2 Å². The zero-order valence-electron chi connectivity index (χ0n) is 15.1. The number of hydrogen-bond acceptors (Lipinski definition) is 6. The van der Waals surface area contributed by atoms with E-state index in [-0.39, 0.29) is 16.2 Å². The van der Waals surface area contributed by atoms with Crippen molar-refractivity contribution in [3.8, 4) is 0 Å². The van der Waals surface area contributed by atoms with Crippen LogP contribution in [-0.2, 0) is 19.4 Å². The third-order valence-corrected chi connectivity index (χ3v) is 5.20. The SMILES string of the molecule is CCS(=O)(=O)c1ccccc1C(=O)OCC(=O)NC(=O)NCCC(C)C. The number of imide groups is 1. The van der Waals surface area contributed by atoms with Crippen molar-refractivity contribution in [1.29, 1.82) is 0 Å². The first-order valence-electron chi connectivity index (χ1n) is 8.24. The summed E-state index contributed by atoms with van der Waals surface area (Å²) in [5.74, 6) is -1.52.